The van der Waals surface area contributed by atoms with E-state index >= 15 is 0 Å². The lowest BCUT2D eigenvalue weighted by atomic mass is 9.68. The Hall–Kier alpha value is -0.790. The van der Waals surface area contributed by atoms with E-state index in [0.29, 0.717) is 5.92 Å². The highest BCUT2D eigenvalue weighted by molar-refractivity contribution is 5.74. The third kappa shape index (κ3) is 0.999. The first-order chi connectivity index (χ1) is 6.39. The number of amides is 1. The fraction of sp³-hybridized carbons (Fsp3) is 0.750. The first kappa shape index (κ1) is 9.75. The van der Waals surface area contributed by atoms with Gasteiger partial charge in [-0.05, 0) is 25.2 Å². The lowest BCUT2D eigenvalue weighted by molar-refractivity contribution is -0.121. The number of fused-ring (bicyclic) bond motifs is 2. The summed E-state index contributed by atoms with van der Waals surface area (Å²) in [5.74, 6) is 0.727. The molecule has 2 aliphatic rings. The van der Waals surface area contributed by atoms with Crippen LogP contribution < -0.4 is 5.32 Å². The number of hydrogen-bond donors (Lipinski definition) is 1. The van der Waals surface area contributed by atoms with Crippen molar-refractivity contribution >= 4 is 5.91 Å². The second-order valence-electron chi connectivity index (χ2n) is 5.35. The highest BCUT2D eigenvalue weighted by Gasteiger charge is 2.59. The Kier molecular flexibility index (Phi) is 1.82. The fourth-order valence-corrected chi connectivity index (χ4v) is 3.33. The standard InChI is InChI=1S/C12H19NO/c1-8-10-5-6-12(7-10,11(8,3)4)13-9(2)14/h10H,1,5-7H2,2-4H3,(H,13,14). The van der Waals surface area contributed by atoms with E-state index < -0.39 is 0 Å². The third-order valence-corrected chi connectivity index (χ3v) is 4.42. The summed E-state index contributed by atoms with van der Waals surface area (Å²) in [4.78, 5) is 11.2. The molecule has 78 valence electrons. The molecular formula is C12H19NO. The van der Waals surface area contributed by atoms with Crippen LogP contribution in [-0.4, -0.2) is 11.4 Å². The van der Waals surface area contributed by atoms with Crippen molar-refractivity contribution in [1.29, 1.82) is 0 Å². The average Bonchev–Trinajstić information content (AvgIpc) is 2.52. The van der Waals surface area contributed by atoms with Gasteiger partial charge in [0.05, 0.1) is 0 Å². The van der Waals surface area contributed by atoms with Crippen LogP contribution in [0.25, 0.3) is 0 Å². The molecule has 14 heavy (non-hydrogen) atoms. The van der Waals surface area contributed by atoms with E-state index in [2.05, 4.69) is 25.7 Å². The zero-order chi connectivity index (χ0) is 10.6. The molecule has 2 heteroatoms. The van der Waals surface area contributed by atoms with Gasteiger partial charge in [0.15, 0.2) is 0 Å². The fourth-order valence-electron chi connectivity index (χ4n) is 3.33. The SMILES string of the molecule is C=C1C2CCC(NC(C)=O)(C2)C1(C)C. The van der Waals surface area contributed by atoms with Crippen LogP contribution in [0, 0.1) is 11.3 Å². The third-order valence-electron chi connectivity index (χ3n) is 4.42. The van der Waals surface area contributed by atoms with Gasteiger partial charge in [-0.2, -0.15) is 0 Å². The minimum atomic E-state index is 0.000579. The molecule has 0 radical (unpaired) electrons. The molecule has 0 aromatic carbocycles. The summed E-state index contributed by atoms with van der Waals surface area (Å²) in [7, 11) is 0. The molecule has 0 aromatic rings. The Morgan fingerprint density at radius 1 is 1.57 bits per heavy atom. The van der Waals surface area contributed by atoms with Crippen LogP contribution in [0.15, 0.2) is 12.2 Å². The number of nitrogens with one attached hydrogen (secondary N) is 1. The van der Waals surface area contributed by atoms with Crippen molar-refractivity contribution in [1.82, 2.24) is 5.32 Å². The van der Waals surface area contributed by atoms with Gasteiger partial charge < -0.3 is 5.32 Å². The van der Waals surface area contributed by atoms with Gasteiger partial charge in [0, 0.05) is 17.9 Å². The van der Waals surface area contributed by atoms with Crippen LogP contribution in [0.5, 0.6) is 0 Å². The highest BCUT2D eigenvalue weighted by Crippen LogP contribution is 2.60. The van der Waals surface area contributed by atoms with E-state index in [-0.39, 0.29) is 16.9 Å². The summed E-state index contributed by atoms with van der Waals surface area (Å²) in [5.41, 5.74) is 1.40. The monoisotopic (exact) mass is 193 g/mol. The summed E-state index contributed by atoms with van der Waals surface area (Å²) in [5, 5.41) is 3.17. The van der Waals surface area contributed by atoms with Crippen molar-refractivity contribution in [3.05, 3.63) is 12.2 Å². The van der Waals surface area contributed by atoms with E-state index in [1.165, 1.54) is 12.0 Å². The molecule has 2 nitrogen and oxygen atoms in total. The van der Waals surface area contributed by atoms with E-state index in [0.717, 1.165) is 12.8 Å². The molecule has 2 aliphatic carbocycles. The lowest BCUT2D eigenvalue weighted by Gasteiger charge is -2.43. The van der Waals surface area contributed by atoms with Crippen molar-refractivity contribution in [2.75, 3.05) is 0 Å². The van der Waals surface area contributed by atoms with Crippen LogP contribution in [-0.2, 0) is 4.79 Å². The van der Waals surface area contributed by atoms with Gasteiger partial charge in [-0.1, -0.05) is 26.0 Å². The van der Waals surface area contributed by atoms with Crippen molar-refractivity contribution in [3.63, 3.8) is 0 Å². The van der Waals surface area contributed by atoms with Crippen molar-refractivity contribution in [3.8, 4) is 0 Å². The summed E-state index contributed by atoms with van der Waals surface area (Å²) >= 11 is 0. The maximum Gasteiger partial charge on any atom is 0.217 e. The Bertz CT molecular complexity index is 305. The molecule has 1 N–H and O–H groups in total. The first-order valence-electron chi connectivity index (χ1n) is 5.37. The van der Waals surface area contributed by atoms with Gasteiger partial charge in [0.1, 0.15) is 0 Å². The van der Waals surface area contributed by atoms with Gasteiger partial charge in [-0.15, -0.1) is 0 Å². The molecule has 0 aromatic heterocycles. The molecule has 0 spiro atoms. The van der Waals surface area contributed by atoms with Gasteiger partial charge in [0.2, 0.25) is 5.91 Å². The summed E-state index contributed by atoms with van der Waals surface area (Å²) < 4.78 is 0. The van der Waals surface area contributed by atoms with E-state index in [1.807, 2.05) is 0 Å². The van der Waals surface area contributed by atoms with Crippen LogP contribution in [0.4, 0.5) is 0 Å². The molecule has 2 atom stereocenters. The van der Waals surface area contributed by atoms with E-state index in [9.17, 15) is 4.79 Å². The molecule has 2 bridgehead atoms. The zero-order valence-electron chi connectivity index (χ0n) is 9.31. The van der Waals surface area contributed by atoms with Crippen LogP contribution in [0.1, 0.15) is 40.0 Å². The van der Waals surface area contributed by atoms with Gasteiger partial charge in [-0.25, -0.2) is 0 Å². The molecule has 2 fully saturated rings. The topological polar surface area (TPSA) is 29.1 Å². The molecule has 1 amide bonds. The zero-order valence-corrected chi connectivity index (χ0v) is 9.31. The Balaban J connectivity index is 2.34. The van der Waals surface area contributed by atoms with Crippen molar-refractivity contribution in [2.24, 2.45) is 11.3 Å². The van der Waals surface area contributed by atoms with Crippen LogP contribution >= 0.6 is 0 Å². The predicted octanol–water partition coefficient (Wildman–Crippen LogP) is 2.26. The van der Waals surface area contributed by atoms with Gasteiger partial charge in [0.25, 0.3) is 0 Å². The summed E-state index contributed by atoms with van der Waals surface area (Å²) in [6.45, 7) is 10.2. The average molecular weight is 193 g/mol. The molecule has 2 rings (SSSR count). The molecule has 2 saturated carbocycles. The molecule has 0 saturated heterocycles. The minimum Gasteiger partial charge on any atom is -0.350 e. The summed E-state index contributed by atoms with van der Waals surface area (Å²) in [6.07, 6.45) is 3.41. The molecule has 0 aliphatic heterocycles. The Morgan fingerprint density at radius 3 is 2.64 bits per heavy atom. The molecule has 0 heterocycles. The number of carbonyl (C=O) groups is 1. The molecular weight excluding hydrogens is 174 g/mol. The predicted molar refractivity (Wildman–Crippen MR) is 56.8 cm³/mol. The second-order valence-corrected chi connectivity index (χ2v) is 5.35. The maximum atomic E-state index is 11.2. The normalized spacial score (nSPS) is 38.8. The smallest absolute Gasteiger partial charge is 0.217 e. The summed E-state index contributed by atoms with van der Waals surface area (Å²) in [6, 6.07) is 0. The largest absolute Gasteiger partial charge is 0.350 e. The minimum absolute atomic E-state index is 0.000579. The maximum absolute atomic E-state index is 11.2. The van der Waals surface area contributed by atoms with Crippen molar-refractivity contribution in [2.45, 2.75) is 45.6 Å². The van der Waals surface area contributed by atoms with E-state index in [1.54, 1.807) is 6.92 Å². The first-order valence-corrected chi connectivity index (χ1v) is 5.37. The number of rotatable bonds is 1. The lowest BCUT2D eigenvalue weighted by Crippen LogP contribution is -2.54. The quantitative estimate of drug-likeness (QED) is 0.636. The van der Waals surface area contributed by atoms with Gasteiger partial charge in [-0.3, -0.25) is 4.79 Å². The number of carbonyl (C=O) groups excluding carboxylic acids is 1. The van der Waals surface area contributed by atoms with E-state index in [4.69, 9.17) is 0 Å². The Morgan fingerprint density at radius 2 is 2.21 bits per heavy atom. The Labute approximate surface area is 85.8 Å². The van der Waals surface area contributed by atoms with Gasteiger partial charge >= 0.3 is 0 Å². The van der Waals surface area contributed by atoms with Crippen LogP contribution in [0.3, 0.4) is 0 Å². The number of hydrogen-bond acceptors (Lipinski definition) is 1. The van der Waals surface area contributed by atoms with Crippen LogP contribution in [0.2, 0.25) is 0 Å². The van der Waals surface area contributed by atoms with Crippen molar-refractivity contribution < 1.29 is 4.79 Å². The highest BCUT2D eigenvalue weighted by atomic mass is 16.1. The molecule has 2 unspecified atom stereocenters. The second kappa shape index (κ2) is 2.62.